The number of nitrogens with two attached hydrogens (primary N) is 1. The predicted octanol–water partition coefficient (Wildman–Crippen LogP) is 4.59. The summed E-state index contributed by atoms with van der Waals surface area (Å²) in [6.45, 7) is 0. The highest BCUT2D eigenvalue weighted by Crippen LogP contribution is 2.40. The van der Waals surface area contributed by atoms with E-state index >= 15 is 0 Å². The van der Waals surface area contributed by atoms with Crippen LogP contribution in [0.2, 0.25) is 0 Å². The van der Waals surface area contributed by atoms with Crippen LogP contribution in [0.3, 0.4) is 0 Å². The first kappa shape index (κ1) is 13.9. The molecule has 0 unspecified atom stereocenters. The number of benzene rings is 1. The summed E-state index contributed by atoms with van der Waals surface area (Å²) in [4.78, 5) is 0. The van der Waals surface area contributed by atoms with Crippen molar-refractivity contribution in [2.45, 2.75) is 43.8 Å². The zero-order valence-corrected chi connectivity index (χ0v) is 11.4. The molecule has 0 aromatic heterocycles. The molecule has 1 aliphatic rings. The van der Waals surface area contributed by atoms with Crippen LogP contribution in [0, 0.1) is 0 Å². The molecule has 0 heterocycles. The van der Waals surface area contributed by atoms with E-state index in [1.165, 1.54) is 6.07 Å². The van der Waals surface area contributed by atoms with Crippen molar-refractivity contribution >= 4 is 15.9 Å². The number of rotatable bonds is 1. The monoisotopic (exact) mass is 321 g/mol. The predicted molar refractivity (Wildman–Crippen MR) is 68.1 cm³/mol. The van der Waals surface area contributed by atoms with Gasteiger partial charge in [0, 0.05) is 10.0 Å². The largest absolute Gasteiger partial charge is 0.416 e. The third-order valence-electron chi connectivity index (χ3n) is 3.58. The zero-order chi connectivity index (χ0) is 13.4. The minimum Gasteiger partial charge on any atom is -0.321 e. The Labute approximate surface area is 113 Å². The lowest BCUT2D eigenvalue weighted by Crippen LogP contribution is -2.39. The molecule has 1 saturated carbocycles. The van der Waals surface area contributed by atoms with Gasteiger partial charge >= 0.3 is 6.18 Å². The molecule has 5 heteroatoms. The molecule has 2 rings (SSSR count). The van der Waals surface area contributed by atoms with E-state index in [1.807, 2.05) is 0 Å². The van der Waals surface area contributed by atoms with E-state index in [0.717, 1.165) is 49.8 Å². The maximum Gasteiger partial charge on any atom is 0.416 e. The molecular weight excluding hydrogens is 307 g/mol. The van der Waals surface area contributed by atoms with Crippen LogP contribution in [0.15, 0.2) is 22.7 Å². The Hall–Kier alpha value is -0.550. The molecule has 18 heavy (non-hydrogen) atoms. The van der Waals surface area contributed by atoms with Crippen molar-refractivity contribution in [1.29, 1.82) is 0 Å². The van der Waals surface area contributed by atoms with Gasteiger partial charge in [0.15, 0.2) is 0 Å². The second-order valence-electron chi connectivity index (χ2n) is 4.91. The van der Waals surface area contributed by atoms with E-state index in [1.54, 1.807) is 0 Å². The fourth-order valence-corrected chi connectivity index (χ4v) is 3.32. The van der Waals surface area contributed by atoms with Crippen LogP contribution >= 0.6 is 15.9 Å². The number of halogens is 4. The van der Waals surface area contributed by atoms with Crippen LogP contribution in [-0.2, 0) is 11.7 Å². The molecule has 0 bridgehead atoms. The lowest BCUT2D eigenvalue weighted by atomic mass is 9.77. The van der Waals surface area contributed by atoms with Gasteiger partial charge in [-0.3, -0.25) is 0 Å². The first-order valence-corrected chi connectivity index (χ1v) is 6.78. The minimum absolute atomic E-state index is 0.460. The van der Waals surface area contributed by atoms with Crippen molar-refractivity contribution in [3.8, 4) is 0 Å². The third-order valence-corrected chi connectivity index (χ3v) is 4.23. The SMILES string of the molecule is NC1(c2ccc(C(F)(F)F)cc2Br)CCCCC1. The average Bonchev–Trinajstić information content (AvgIpc) is 2.28. The van der Waals surface area contributed by atoms with E-state index in [0.29, 0.717) is 4.47 Å². The molecular formula is C13H15BrF3N. The number of hydrogen-bond donors (Lipinski definition) is 1. The molecule has 0 atom stereocenters. The molecule has 1 aromatic carbocycles. The van der Waals surface area contributed by atoms with Crippen molar-refractivity contribution < 1.29 is 13.2 Å². The first-order chi connectivity index (χ1) is 8.33. The van der Waals surface area contributed by atoms with Crippen molar-refractivity contribution in [3.05, 3.63) is 33.8 Å². The maximum atomic E-state index is 12.6. The molecule has 1 aliphatic carbocycles. The number of alkyl halides is 3. The Morgan fingerprint density at radius 1 is 1.11 bits per heavy atom. The summed E-state index contributed by atoms with van der Waals surface area (Å²) < 4.78 is 38.2. The van der Waals surface area contributed by atoms with Gasteiger partial charge in [-0.25, -0.2) is 0 Å². The molecule has 0 spiro atoms. The van der Waals surface area contributed by atoms with Gasteiger partial charge in [-0.1, -0.05) is 41.3 Å². The highest BCUT2D eigenvalue weighted by Gasteiger charge is 2.34. The lowest BCUT2D eigenvalue weighted by molar-refractivity contribution is -0.137. The summed E-state index contributed by atoms with van der Waals surface area (Å²) >= 11 is 3.23. The topological polar surface area (TPSA) is 26.0 Å². The molecule has 0 amide bonds. The van der Waals surface area contributed by atoms with Crippen molar-refractivity contribution in [2.75, 3.05) is 0 Å². The average molecular weight is 322 g/mol. The summed E-state index contributed by atoms with van der Waals surface area (Å²) in [6, 6.07) is 3.75. The first-order valence-electron chi connectivity index (χ1n) is 5.99. The molecule has 100 valence electrons. The van der Waals surface area contributed by atoms with Crippen molar-refractivity contribution in [1.82, 2.24) is 0 Å². The van der Waals surface area contributed by atoms with Gasteiger partial charge in [0.2, 0.25) is 0 Å². The van der Waals surface area contributed by atoms with Gasteiger partial charge in [-0.05, 0) is 30.5 Å². The Balaban J connectivity index is 2.35. The van der Waals surface area contributed by atoms with E-state index in [4.69, 9.17) is 5.73 Å². The molecule has 0 saturated heterocycles. The normalized spacial score (nSPS) is 19.8. The van der Waals surface area contributed by atoms with Crippen LogP contribution in [0.25, 0.3) is 0 Å². The molecule has 1 fully saturated rings. The van der Waals surface area contributed by atoms with Gasteiger partial charge in [-0.15, -0.1) is 0 Å². The van der Waals surface area contributed by atoms with Gasteiger partial charge in [-0.2, -0.15) is 13.2 Å². The van der Waals surface area contributed by atoms with Crippen LogP contribution < -0.4 is 5.73 Å². The van der Waals surface area contributed by atoms with E-state index in [2.05, 4.69) is 15.9 Å². The Morgan fingerprint density at radius 2 is 1.72 bits per heavy atom. The minimum atomic E-state index is -4.31. The molecule has 0 aliphatic heterocycles. The quantitative estimate of drug-likeness (QED) is 0.804. The van der Waals surface area contributed by atoms with E-state index in [9.17, 15) is 13.2 Å². The Bertz CT molecular complexity index is 436. The fourth-order valence-electron chi connectivity index (χ4n) is 2.55. The van der Waals surface area contributed by atoms with Gasteiger partial charge in [0.25, 0.3) is 0 Å². The smallest absolute Gasteiger partial charge is 0.321 e. The van der Waals surface area contributed by atoms with Gasteiger partial charge in [0.1, 0.15) is 0 Å². The zero-order valence-electron chi connectivity index (χ0n) is 9.86. The highest BCUT2D eigenvalue weighted by atomic mass is 79.9. The molecule has 0 radical (unpaired) electrons. The van der Waals surface area contributed by atoms with Gasteiger partial charge in [0.05, 0.1) is 5.56 Å². The van der Waals surface area contributed by atoms with Crippen LogP contribution in [0.1, 0.15) is 43.2 Å². The van der Waals surface area contributed by atoms with E-state index < -0.39 is 17.3 Å². The second-order valence-corrected chi connectivity index (χ2v) is 5.76. The number of hydrogen-bond acceptors (Lipinski definition) is 1. The summed E-state index contributed by atoms with van der Waals surface area (Å²) in [5, 5.41) is 0. The highest BCUT2D eigenvalue weighted by molar-refractivity contribution is 9.10. The van der Waals surface area contributed by atoms with Crippen LogP contribution in [0.5, 0.6) is 0 Å². The van der Waals surface area contributed by atoms with Gasteiger partial charge < -0.3 is 5.73 Å². The van der Waals surface area contributed by atoms with Crippen molar-refractivity contribution in [2.24, 2.45) is 5.73 Å². The molecule has 1 nitrogen and oxygen atoms in total. The summed E-state index contributed by atoms with van der Waals surface area (Å²) in [7, 11) is 0. The second kappa shape index (κ2) is 4.85. The Morgan fingerprint density at radius 3 is 2.22 bits per heavy atom. The standard InChI is InChI=1S/C13H15BrF3N/c14-11-8-9(13(15,16)17)4-5-10(11)12(18)6-2-1-3-7-12/h4-5,8H,1-3,6-7,18H2. The summed E-state index contributed by atoms with van der Waals surface area (Å²) in [6.07, 6.45) is 0.564. The summed E-state index contributed by atoms with van der Waals surface area (Å²) in [5.74, 6) is 0. The fraction of sp³-hybridized carbons (Fsp3) is 0.538. The molecule has 2 N–H and O–H groups in total. The summed E-state index contributed by atoms with van der Waals surface area (Å²) in [5.41, 5.74) is 5.99. The van der Waals surface area contributed by atoms with Crippen molar-refractivity contribution in [3.63, 3.8) is 0 Å². The molecule has 1 aromatic rings. The third kappa shape index (κ3) is 2.72. The van der Waals surface area contributed by atoms with Crippen LogP contribution in [-0.4, -0.2) is 0 Å². The maximum absolute atomic E-state index is 12.6. The van der Waals surface area contributed by atoms with E-state index in [-0.39, 0.29) is 0 Å². The van der Waals surface area contributed by atoms with Crippen LogP contribution in [0.4, 0.5) is 13.2 Å². The Kier molecular flexibility index (Phi) is 3.74. The lowest BCUT2D eigenvalue weighted by Gasteiger charge is -2.35.